The van der Waals surface area contributed by atoms with Gasteiger partial charge in [0.25, 0.3) is 0 Å². The zero-order chi connectivity index (χ0) is 13.0. The van der Waals surface area contributed by atoms with Crippen molar-refractivity contribution in [3.8, 4) is 0 Å². The van der Waals surface area contributed by atoms with Gasteiger partial charge in [0, 0.05) is 12.7 Å². The van der Waals surface area contributed by atoms with Gasteiger partial charge in [-0.3, -0.25) is 4.79 Å². The molecule has 0 saturated carbocycles. The van der Waals surface area contributed by atoms with E-state index in [2.05, 4.69) is 6.92 Å². The van der Waals surface area contributed by atoms with Gasteiger partial charge >= 0.3 is 0 Å². The van der Waals surface area contributed by atoms with E-state index >= 15 is 0 Å². The molecular weight excluding hydrogens is 212 g/mol. The van der Waals surface area contributed by atoms with E-state index < -0.39 is 6.04 Å². The third kappa shape index (κ3) is 3.30. The van der Waals surface area contributed by atoms with Crippen LogP contribution in [0.1, 0.15) is 26.3 Å². The van der Waals surface area contributed by atoms with E-state index in [-0.39, 0.29) is 11.8 Å². The van der Waals surface area contributed by atoms with Crippen LogP contribution >= 0.6 is 0 Å². The van der Waals surface area contributed by atoms with Crippen molar-refractivity contribution in [2.45, 2.75) is 33.2 Å². The molecule has 1 atom stereocenters. The molecule has 17 heavy (non-hydrogen) atoms. The molecule has 0 saturated heterocycles. The summed E-state index contributed by atoms with van der Waals surface area (Å²) in [5.74, 6) is 0.115. The zero-order valence-electron chi connectivity index (χ0n) is 11.1. The van der Waals surface area contributed by atoms with Crippen molar-refractivity contribution in [1.82, 2.24) is 0 Å². The molecule has 0 aromatic heterocycles. The molecule has 0 aliphatic heterocycles. The molecule has 0 bridgehead atoms. The molecule has 1 amide bonds. The predicted octanol–water partition coefficient (Wildman–Crippen LogP) is 2.20. The Bertz CT molecular complexity index is 370. The van der Waals surface area contributed by atoms with Crippen molar-refractivity contribution in [3.05, 3.63) is 29.8 Å². The van der Waals surface area contributed by atoms with E-state index in [1.165, 1.54) is 5.56 Å². The Morgan fingerprint density at radius 3 is 2.24 bits per heavy atom. The molecular formula is C14H22N2O. The number of amides is 1. The standard InChI is InChI=1S/C14H22N2O/c1-5-11-6-8-12(9-7-11)16(4)14(17)13(15)10(2)3/h6-10,13H,5,15H2,1-4H3/t13-/m0/s1. The van der Waals surface area contributed by atoms with Crippen molar-refractivity contribution >= 4 is 11.6 Å². The average molecular weight is 234 g/mol. The van der Waals surface area contributed by atoms with E-state index in [9.17, 15) is 4.79 Å². The van der Waals surface area contributed by atoms with Gasteiger partial charge < -0.3 is 10.6 Å². The number of nitrogens with two attached hydrogens (primary N) is 1. The minimum Gasteiger partial charge on any atom is -0.320 e. The average Bonchev–Trinajstić information content (AvgIpc) is 2.36. The maximum absolute atomic E-state index is 12.0. The first-order valence-electron chi connectivity index (χ1n) is 6.09. The number of rotatable bonds is 4. The van der Waals surface area contributed by atoms with Crippen LogP contribution in [0.5, 0.6) is 0 Å². The van der Waals surface area contributed by atoms with Gasteiger partial charge in [0.1, 0.15) is 0 Å². The van der Waals surface area contributed by atoms with Gasteiger partial charge in [-0.1, -0.05) is 32.9 Å². The van der Waals surface area contributed by atoms with Crippen LogP contribution in [0.3, 0.4) is 0 Å². The van der Waals surface area contributed by atoms with Crippen LogP contribution in [0.2, 0.25) is 0 Å². The third-order valence-corrected chi connectivity index (χ3v) is 3.07. The monoisotopic (exact) mass is 234 g/mol. The molecule has 1 aromatic rings. The molecule has 94 valence electrons. The second-order valence-electron chi connectivity index (χ2n) is 4.69. The maximum Gasteiger partial charge on any atom is 0.243 e. The molecule has 0 heterocycles. The van der Waals surface area contributed by atoms with Crippen molar-refractivity contribution < 1.29 is 4.79 Å². The predicted molar refractivity (Wildman–Crippen MR) is 72.0 cm³/mol. The Balaban J connectivity index is 2.81. The van der Waals surface area contributed by atoms with Crippen LogP contribution in [0.15, 0.2) is 24.3 Å². The van der Waals surface area contributed by atoms with Crippen molar-refractivity contribution in [3.63, 3.8) is 0 Å². The summed E-state index contributed by atoms with van der Waals surface area (Å²) in [4.78, 5) is 13.7. The second kappa shape index (κ2) is 5.82. The van der Waals surface area contributed by atoms with E-state index in [0.717, 1.165) is 12.1 Å². The fraction of sp³-hybridized carbons (Fsp3) is 0.500. The van der Waals surface area contributed by atoms with Gasteiger partial charge in [-0.25, -0.2) is 0 Å². The third-order valence-electron chi connectivity index (χ3n) is 3.07. The highest BCUT2D eigenvalue weighted by atomic mass is 16.2. The number of carbonyl (C=O) groups excluding carboxylic acids is 1. The summed E-state index contributed by atoms with van der Waals surface area (Å²) in [6, 6.07) is 7.57. The van der Waals surface area contributed by atoms with E-state index in [4.69, 9.17) is 5.73 Å². The SMILES string of the molecule is CCc1ccc(N(C)C(=O)[C@@H](N)C(C)C)cc1. The molecule has 0 spiro atoms. The largest absolute Gasteiger partial charge is 0.320 e. The zero-order valence-corrected chi connectivity index (χ0v) is 11.1. The normalized spacial score (nSPS) is 12.6. The number of anilines is 1. The summed E-state index contributed by atoms with van der Waals surface area (Å²) < 4.78 is 0. The summed E-state index contributed by atoms with van der Waals surface area (Å²) >= 11 is 0. The fourth-order valence-corrected chi connectivity index (χ4v) is 1.59. The van der Waals surface area contributed by atoms with Crippen molar-refractivity contribution in [2.24, 2.45) is 11.7 Å². The van der Waals surface area contributed by atoms with Gasteiger partial charge in [0.15, 0.2) is 0 Å². The highest BCUT2D eigenvalue weighted by molar-refractivity contribution is 5.96. The Hall–Kier alpha value is -1.35. The fourth-order valence-electron chi connectivity index (χ4n) is 1.59. The Morgan fingerprint density at radius 1 is 1.29 bits per heavy atom. The molecule has 3 nitrogen and oxygen atoms in total. The molecule has 1 aromatic carbocycles. The van der Waals surface area contributed by atoms with Crippen LogP contribution in [0.4, 0.5) is 5.69 Å². The number of benzene rings is 1. The number of aryl methyl sites for hydroxylation is 1. The quantitative estimate of drug-likeness (QED) is 0.868. The maximum atomic E-state index is 12.0. The summed E-state index contributed by atoms with van der Waals surface area (Å²) in [6.07, 6.45) is 1.00. The van der Waals surface area contributed by atoms with Gasteiger partial charge in [-0.2, -0.15) is 0 Å². The van der Waals surface area contributed by atoms with Crippen LogP contribution < -0.4 is 10.6 Å². The Labute approximate surface area is 104 Å². The van der Waals surface area contributed by atoms with Gasteiger partial charge in [-0.15, -0.1) is 0 Å². The summed E-state index contributed by atoms with van der Waals surface area (Å²) in [7, 11) is 1.77. The number of likely N-dealkylation sites (N-methyl/N-ethyl adjacent to an activating group) is 1. The molecule has 3 heteroatoms. The molecule has 2 N–H and O–H groups in total. The smallest absolute Gasteiger partial charge is 0.243 e. The molecule has 0 aliphatic rings. The Morgan fingerprint density at radius 2 is 1.82 bits per heavy atom. The van der Waals surface area contributed by atoms with E-state index in [0.29, 0.717) is 0 Å². The van der Waals surface area contributed by atoms with Crippen LogP contribution in [-0.2, 0) is 11.2 Å². The van der Waals surface area contributed by atoms with E-state index in [1.54, 1.807) is 11.9 Å². The molecule has 0 radical (unpaired) electrons. The first kappa shape index (κ1) is 13.7. The van der Waals surface area contributed by atoms with Crippen LogP contribution in [0.25, 0.3) is 0 Å². The minimum atomic E-state index is -0.439. The summed E-state index contributed by atoms with van der Waals surface area (Å²) in [5, 5.41) is 0. The van der Waals surface area contributed by atoms with Gasteiger partial charge in [0.2, 0.25) is 5.91 Å². The molecule has 0 unspecified atom stereocenters. The summed E-state index contributed by atoms with van der Waals surface area (Å²) in [5.41, 5.74) is 8.02. The first-order chi connectivity index (χ1) is 7.97. The molecule has 1 rings (SSSR count). The highest BCUT2D eigenvalue weighted by Crippen LogP contribution is 2.16. The second-order valence-corrected chi connectivity index (χ2v) is 4.69. The molecule has 0 aliphatic carbocycles. The number of hydrogen-bond donors (Lipinski definition) is 1. The van der Waals surface area contributed by atoms with Crippen molar-refractivity contribution in [1.29, 1.82) is 0 Å². The van der Waals surface area contributed by atoms with Crippen LogP contribution in [-0.4, -0.2) is 19.0 Å². The number of carbonyl (C=O) groups is 1. The van der Waals surface area contributed by atoms with E-state index in [1.807, 2.05) is 38.1 Å². The minimum absolute atomic E-state index is 0.0377. The lowest BCUT2D eigenvalue weighted by atomic mass is 10.0. The van der Waals surface area contributed by atoms with Gasteiger partial charge in [-0.05, 0) is 30.0 Å². The Kier molecular flexibility index (Phi) is 4.70. The summed E-state index contributed by atoms with van der Waals surface area (Å²) in [6.45, 7) is 6.02. The lowest BCUT2D eigenvalue weighted by Gasteiger charge is -2.23. The topological polar surface area (TPSA) is 46.3 Å². The lowest BCUT2D eigenvalue weighted by Crippen LogP contribution is -2.45. The number of nitrogens with zero attached hydrogens (tertiary/aromatic N) is 1. The first-order valence-corrected chi connectivity index (χ1v) is 6.09. The lowest BCUT2D eigenvalue weighted by molar-refractivity contribution is -0.120. The van der Waals surface area contributed by atoms with Crippen LogP contribution in [0, 0.1) is 5.92 Å². The van der Waals surface area contributed by atoms with Crippen molar-refractivity contribution in [2.75, 3.05) is 11.9 Å². The number of hydrogen-bond acceptors (Lipinski definition) is 2. The van der Waals surface area contributed by atoms with Gasteiger partial charge in [0.05, 0.1) is 6.04 Å². The molecule has 0 fully saturated rings. The highest BCUT2D eigenvalue weighted by Gasteiger charge is 2.21.